The number of hydrogen-bond acceptors (Lipinski definition) is 5. The van der Waals surface area contributed by atoms with Crippen LogP contribution in [0.25, 0.3) is 0 Å². The van der Waals surface area contributed by atoms with Crippen LogP contribution in [-0.4, -0.2) is 23.5 Å². The molecule has 1 atom stereocenters. The molecule has 0 aliphatic carbocycles. The Morgan fingerprint density at radius 1 is 1.31 bits per heavy atom. The first kappa shape index (κ1) is 19.8. The zero-order chi connectivity index (χ0) is 19.5. The molecule has 1 heterocycles. The van der Waals surface area contributed by atoms with E-state index in [0.717, 1.165) is 0 Å². The van der Waals surface area contributed by atoms with E-state index in [2.05, 4.69) is 5.32 Å². The highest BCUT2D eigenvalue weighted by atomic mass is 19.1. The second-order valence-electron chi connectivity index (χ2n) is 7.49. The molecule has 0 saturated carbocycles. The van der Waals surface area contributed by atoms with E-state index in [4.69, 9.17) is 14.2 Å². The van der Waals surface area contributed by atoms with E-state index in [1.807, 2.05) is 0 Å². The van der Waals surface area contributed by atoms with E-state index in [9.17, 15) is 14.0 Å². The monoisotopic (exact) mass is 365 g/mol. The average Bonchev–Trinajstić information content (AvgIpc) is 2.42. The number of hydrogen-bond donors (Lipinski definition) is 1. The summed E-state index contributed by atoms with van der Waals surface area (Å²) in [6.07, 6.45) is 0.709. The second kappa shape index (κ2) is 7.35. The minimum Gasteiger partial charge on any atom is -0.457 e. The van der Waals surface area contributed by atoms with Crippen LogP contribution in [0, 0.1) is 5.82 Å². The molecule has 6 nitrogen and oxygen atoms in total. The van der Waals surface area contributed by atoms with Gasteiger partial charge in [0.25, 0.3) is 0 Å². The van der Waals surface area contributed by atoms with Gasteiger partial charge in [0.2, 0.25) is 5.79 Å². The maximum Gasteiger partial charge on any atom is 0.408 e. The Morgan fingerprint density at radius 2 is 2.00 bits per heavy atom. The van der Waals surface area contributed by atoms with Crippen molar-refractivity contribution < 1.29 is 28.2 Å². The summed E-state index contributed by atoms with van der Waals surface area (Å²) in [5.41, 5.74) is -0.153. The molecule has 1 amide bonds. The summed E-state index contributed by atoms with van der Waals surface area (Å²) in [5.74, 6) is -1.75. The molecule has 1 aliphatic heterocycles. The maximum atomic E-state index is 13.6. The highest BCUT2D eigenvalue weighted by Crippen LogP contribution is 2.29. The molecule has 1 aliphatic rings. The van der Waals surface area contributed by atoms with Gasteiger partial charge in [-0.3, -0.25) is 0 Å². The van der Waals surface area contributed by atoms with Crippen LogP contribution >= 0.6 is 0 Å². The van der Waals surface area contributed by atoms with Gasteiger partial charge in [0.1, 0.15) is 17.2 Å². The van der Waals surface area contributed by atoms with Crippen LogP contribution in [-0.2, 0) is 19.0 Å². The Morgan fingerprint density at radius 3 is 2.58 bits per heavy atom. The third-order valence-corrected chi connectivity index (χ3v) is 3.35. The van der Waals surface area contributed by atoms with Crippen LogP contribution in [0.15, 0.2) is 36.1 Å². The molecule has 0 fully saturated rings. The number of cyclic esters (lactones) is 1. The number of nitrogens with one attached hydrogen (secondary N) is 1. The number of carbonyl (C=O) groups excluding carboxylic acids is 2. The van der Waals surface area contributed by atoms with Crippen molar-refractivity contribution in [2.24, 2.45) is 0 Å². The smallest absolute Gasteiger partial charge is 0.408 e. The Labute approximate surface area is 152 Å². The minimum atomic E-state index is -1.11. The number of esters is 1. The second-order valence-corrected chi connectivity index (χ2v) is 7.49. The van der Waals surface area contributed by atoms with Crippen molar-refractivity contribution in [1.29, 1.82) is 0 Å². The fourth-order valence-corrected chi connectivity index (χ4v) is 2.50. The molecule has 0 spiro atoms. The topological polar surface area (TPSA) is 73.9 Å². The summed E-state index contributed by atoms with van der Waals surface area (Å²) < 4.78 is 29.6. The molecule has 1 aromatic carbocycles. The number of rotatable bonds is 4. The molecule has 0 unspecified atom stereocenters. The van der Waals surface area contributed by atoms with Crippen molar-refractivity contribution in [3.8, 4) is 0 Å². The van der Waals surface area contributed by atoms with E-state index < -0.39 is 35.3 Å². The molecule has 0 saturated heterocycles. The van der Waals surface area contributed by atoms with Crippen LogP contribution < -0.4 is 5.32 Å². The van der Waals surface area contributed by atoms with Gasteiger partial charge in [-0.05, 0) is 38.5 Å². The summed E-state index contributed by atoms with van der Waals surface area (Å²) in [5, 5.41) is 2.71. The van der Waals surface area contributed by atoms with Gasteiger partial charge in [-0.15, -0.1) is 0 Å². The largest absolute Gasteiger partial charge is 0.457 e. The van der Waals surface area contributed by atoms with Crippen molar-refractivity contribution in [1.82, 2.24) is 5.32 Å². The quantitative estimate of drug-likeness (QED) is 0.817. The van der Waals surface area contributed by atoms with Gasteiger partial charge in [-0.25, -0.2) is 14.0 Å². The molecule has 26 heavy (non-hydrogen) atoms. The molecule has 0 bridgehead atoms. The predicted octanol–water partition coefficient (Wildman–Crippen LogP) is 3.98. The number of alkyl carbamates (subject to hydrolysis) is 1. The molecular formula is C19H24FNO5. The van der Waals surface area contributed by atoms with Gasteiger partial charge in [0.05, 0.1) is 12.1 Å². The van der Waals surface area contributed by atoms with Crippen LogP contribution in [0.2, 0.25) is 0 Å². The van der Waals surface area contributed by atoms with Gasteiger partial charge in [-0.2, -0.15) is 0 Å². The van der Waals surface area contributed by atoms with E-state index in [1.54, 1.807) is 46.8 Å². The Balaban J connectivity index is 2.23. The van der Waals surface area contributed by atoms with Crippen LogP contribution in [0.4, 0.5) is 9.18 Å². The first-order valence-corrected chi connectivity index (χ1v) is 8.31. The highest BCUT2D eigenvalue weighted by Gasteiger charge is 2.32. The van der Waals surface area contributed by atoms with Crippen LogP contribution in [0.3, 0.4) is 0 Å². The lowest BCUT2D eigenvalue weighted by molar-refractivity contribution is -0.206. The summed E-state index contributed by atoms with van der Waals surface area (Å²) in [6.45, 7) is 8.45. The van der Waals surface area contributed by atoms with Crippen molar-refractivity contribution >= 4 is 12.1 Å². The average molecular weight is 365 g/mol. The molecule has 1 aromatic rings. The lowest BCUT2D eigenvalue weighted by atomic mass is 10.0. The zero-order valence-electron chi connectivity index (χ0n) is 15.6. The number of carbonyl (C=O) groups is 2. The van der Waals surface area contributed by atoms with Crippen LogP contribution in [0.1, 0.15) is 52.6 Å². The van der Waals surface area contributed by atoms with Crippen LogP contribution in [0.5, 0.6) is 0 Å². The van der Waals surface area contributed by atoms with Crippen molar-refractivity contribution in [3.05, 3.63) is 47.5 Å². The first-order chi connectivity index (χ1) is 11.9. The molecular weight excluding hydrogens is 341 g/mol. The Bertz CT molecular complexity index is 721. The van der Waals surface area contributed by atoms with Crippen molar-refractivity contribution in [2.75, 3.05) is 0 Å². The third kappa shape index (κ3) is 6.06. The van der Waals surface area contributed by atoms with Gasteiger partial charge in [0, 0.05) is 20.3 Å². The highest BCUT2D eigenvalue weighted by molar-refractivity contribution is 5.83. The Kier molecular flexibility index (Phi) is 5.59. The fourth-order valence-electron chi connectivity index (χ4n) is 2.50. The van der Waals surface area contributed by atoms with Gasteiger partial charge < -0.3 is 19.5 Å². The lowest BCUT2D eigenvalue weighted by Gasteiger charge is -2.32. The molecule has 2 rings (SSSR count). The number of benzene rings is 1. The number of amides is 1. The lowest BCUT2D eigenvalue weighted by Crippen LogP contribution is -2.37. The SMILES string of the molecule is CC(C)(C)OC(=O)N[C@H](CC1=CC(=O)OC(C)(C)O1)c1cccc(F)c1. The van der Waals surface area contributed by atoms with E-state index in [1.165, 1.54) is 18.2 Å². The molecule has 7 heteroatoms. The van der Waals surface area contributed by atoms with Crippen molar-refractivity contribution in [2.45, 2.75) is 58.5 Å². The summed E-state index contributed by atoms with van der Waals surface area (Å²) >= 11 is 0. The molecule has 0 aromatic heterocycles. The van der Waals surface area contributed by atoms with Gasteiger partial charge in [0.15, 0.2) is 0 Å². The summed E-state index contributed by atoms with van der Waals surface area (Å²) in [6, 6.07) is 5.20. The maximum absolute atomic E-state index is 13.6. The van der Waals surface area contributed by atoms with Gasteiger partial charge in [-0.1, -0.05) is 12.1 Å². The van der Waals surface area contributed by atoms with E-state index >= 15 is 0 Å². The summed E-state index contributed by atoms with van der Waals surface area (Å²) in [4.78, 5) is 23.9. The Hall–Kier alpha value is -2.57. The fraction of sp³-hybridized carbons (Fsp3) is 0.474. The normalized spacial score (nSPS) is 17.5. The zero-order valence-corrected chi connectivity index (χ0v) is 15.6. The minimum absolute atomic E-state index is 0.140. The predicted molar refractivity (Wildman–Crippen MR) is 92.5 cm³/mol. The van der Waals surface area contributed by atoms with Crippen molar-refractivity contribution in [3.63, 3.8) is 0 Å². The standard InChI is InChI=1S/C19H24FNO5/c1-18(2,3)26-17(23)21-15(12-7-6-8-13(20)9-12)10-14-11-16(22)25-19(4,5)24-14/h6-9,11,15H,10H2,1-5H3,(H,21,23)/t15-/m1/s1. The number of halogens is 1. The van der Waals surface area contributed by atoms with Gasteiger partial charge >= 0.3 is 12.1 Å². The summed E-state index contributed by atoms with van der Waals surface area (Å²) in [7, 11) is 0. The third-order valence-electron chi connectivity index (χ3n) is 3.35. The van der Waals surface area contributed by atoms with E-state index in [-0.39, 0.29) is 6.42 Å². The first-order valence-electron chi connectivity index (χ1n) is 8.31. The molecule has 142 valence electrons. The van der Waals surface area contributed by atoms with E-state index in [0.29, 0.717) is 11.3 Å². The number of ether oxygens (including phenoxy) is 3. The molecule has 1 N–H and O–H groups in total. The molecule has 0 radical (unpaired) electrons.